The molecule has 0 bridgehead atoms. The summed E-state index contributed by atoms with van der Waals surface area (Å²) in [6.07, 6.45) is 4.06. The van der Waals surface area contributed by atoms with Crippen LogP contribution in [0.15, 0.2) is 24.5 Å². The lowest BCUT2D eigenvalue weighted by Crippen LogP contribution is -2.31. The molecule has 2 aromatic rings. The number of aryl methyl sites for hydroxylation is 1. The largest absolute Gasteiger partial charge is 0.394 e. The normalized spacial score (nSPS) is 14.4. The van der Waals surface area contributed by atoms with E-state index in [4.69, 9.17) is 9.84 Å². The maximum Gasteiger partial charge on any atom is 0.254 e. The molecule has 0 radical (unpaired) electrons. The highest BCUT2D eigenvalue weighted by Gasteiger charge is 2.24. The predicted molar refractivity (Wildman–Crippen MR) is 80.4 cm³/mol. The van der Waals surface area contributed by atoms with E-state index in [0.717, 1.165) is 18.7 Å². The van der Waals surface area contributed by atoms with E-state index in [1.54, 1.807) is 29.4 Å². The van der Waals surface area contributed by atoms with Gasteiger partial charge in [0.05, 0.1) is 32.1 Å². The number of aliphatic hydroxyl groups excluding tert-OH is 1. The Kier molecular flexibility index (Phi) is 4.94. The van der Waals surface area contributed by atoms with Crippen LogP contribution in [-0.2, 0) is 24.4 Å². The van der Waals surface area contributed by atoms with Gasteiger partial charge in [-0.25, -0.2) is 4.68 Å². The molecule has 0 unspecified atom stereocenters. The minimum Gasteiger partial charge on any atom is -0.394 e. The molecule has 23 heavy (non-hydrogen) atoms. The third-order valence-corrected chi connectivity index (χ3v) is 3.75. The molecule has 1 amide bonds. The van der Waals surface area contributed by atoms with Crippen LogP contribution in [-0.4, -0.2) is 55.6 Å². The molecule has 0 spiro atoms. The highest BCUT2D eigenvalue weighted by Crippen LogP contribution is 2.17. The van der Waals surface area contributed by atoms with Crippen molar-refractivity contribution in [2.45, 2.75) is 26.1 Å². The molecule has 0 saturated carbocycles. The number of ether oxygens (including phenoxy) is 1. The lowest BCUT2D eigenvalue weighted by atomic mass is 10.2. The molecule has 1 aliphatic rings. The van der Waals surface area contributed by atoms with Crippen LogP contribution in [0.25, 0.3) is 0 Å². The Bertz CT molecular complexity index is 658. The van der Waals surface area contributed by atoms with Gasteiger partial charge in [-0.15, -0.1) is 5.10 Å². The average molecular weight is 317 g/mol. The second-order valence-corrected chi connectivity index (χ2v) is 5.30. The fourth-order valence-electron chi connectivity index (χ4n) is 2.59. The standard InChI is InChI=1S/C15H19N5O3/c21-8-9-23-11-13-14-10-19(6-1-7-20(14)18-17-13)15(22)12-2-4-16-5-3-12/h2-5,21H,1,6-11H2. The van der Waals surface area contributed by atoms with Crippen LogP contribution >= 0.6 is 0 Å². The summed E-state index contributed by atoms with van der Waals surface area (Å²) >= 11 is 0. The second-order valence-electron chi connectivity index (χ2n) is 5.30. The smallest absolute Gasteiger partial charge is 0.254 e. The van der Waals surface area contributed by atoms with Gasteiger partial charge in [-0.3, -0.25) is 9.78 Å². The summed E-state index contributed by atoms with van der Waals surface area (Å²) in [5.41, 5.74) is 2.23. The van der Waals surface area contributed by atoms with E-state index in [2.05, 4.69) is 15.3 Å². The SMILES string of the molecule is O=C(c1ccncc1)N1CCCn2nnc(COCCO)c2C1. The number of aromatic nitrogens is 4. The number of amides is 1. The van der Waals surface area contributed by atoms with Gasteiger partial charge in [-0.05, 0) is 18.6 Å². The molecule has 3 rings (SSSR count). The van der Waals surface area contributed by atoms with E-state index < -0.39 is 0 Å². The van der Waals surface area contributed by atoms with Crippen LogP contribution in [0.1, 0.15) is 28.2 Å². The Morgan fingerprint density at radius 1 is 1.30 bits per heavy atom. The van der Waals surface area contributed by atoms with Gasteiger partial charge in [0.2, 0.25) is 0 Å². The lowest BCUT2D eigenvalue weighted by molar-refractivity contribution is 0.0729. The number of aliphatic hydroxyl groups is 1. The number of pyridine rings is 1. The molecule has 8 nitrogen and oxygen atoms in total. The van der Waals surface area contributed by atoms with Crippen LogP contribution in [0.3, 0.4) is 0 Å². The summed E-state index contributed by atoms with van der Waals surface area (Å²) in [5.74, 6) is -0.0238. The van der Waals surface area contributed by atoms with E-state index in [-0.39, 0.29) is 25.7 Å². The van der Waals surface area contributed by atoms with Gasteiger partial charge in [0.15, 0.2) is 0 Å². The summed E-state index contributed by atoms with van der Waals surface area (Å²) in [6, 6.07) is 3.43. The summed E-state index contributed by atoms with van der Waals surface area (Å²) in [6.45, 7) is 2.35. The van der Waals surface area contributed by atoms with Crippen LogP contribution in [0.5, 0.6) is 0 Å². The summed E-state index contributed by atoms with van der Waals surface area (Å²) in [5, 5.41) is 17.1. The van der Waals surface area contributed by atoms with Crippen molar-refractivity contribution in [2.75, 3.05) is 19.8 Å². The first-order chi connectivity index (χ1) is 11.3. The average Bonchev–Trinajstić information content (AvgIpc) is 2.84. The number of hydrogen-bond donors (Lipinski definition) is 1. The predicted octanol–water partition coefficient (Wildman–Crippen LogP) is 0.228. The summed E-state index contributed by atoms with van der Waals surface area (Å²) in [4.78, 5) is 18.4. The van der Waals surface area contributed by atoms with E-state index in [0.29, 0.717) is 24.3 Å². The van der Waals surface area contributed by atoms with Gasteiger partial charge < -0.3 is 14.7 Å². The van der Waals surface area contributed by atoms with Gasteiger partial charge >= 0.3 is 0 Å². The fourth-order valence-corrected chi connectivity index (χ4v) is 2.59. The molecular formula is C15H19N5O3. The zero-order valence-electron chi connectivity index (χ0n) is 12.8. The van der Waals surface area contributed by atoms with Crippen molar-refractivity contribution in [3.05, 3.63) is 41.5 Å². The Labute approximate surface area is 133 Å². The van der Waals surface area contributed by atoms with Gasteiger partial charge in [0.1, 0.15) is 5.69 Å². The van der Waals surface area contributed by atoms with Crippen molar-refractivity contribution in [1.29, 1.82) is 0 Å². The highest BCUT2D eigenvalue weighted by atomic mass is 16.5. The minimum absolute atomic E-state index is 0.0238. The lowest BCUT2D eigenvalue weighted by Gasteiger charge is -2.20. The van der Waals surface area contributed by atoms with E-state index in [9.17, 15) is 4.79 Å². The molecule has 122 valence electrons. The summed E-state index contributed by atoms with van der Waals surface area (Å²) < 4.78 is 7.17. The first kappa shape index (κ1) is 15.6. The van der Waals surface area contributed by atoms with Gasteiger partial charge in [0.25, 0.3) is 5.91 Å². The second kappa shape index (κ2) is 7.30. The number of rotatable bonds is 5. The highest BCUT2D eigenvalue weighted by molar-refractivity contribution is 5.94. The van der Waals surface area contributed by atoms with Gasteiger partial charge in [-0.1, -0.05) is 5.21 Å². The Hall–Kier alpha value is -2.32. The van der Waals surface area contributed by atoms with Crippen molar-refractivity contribution in [3.8, 4) is 0 Å². The number of nitrogens with zero attached hydrogens (tertiary/aromatic N) is 5. The van der Waals surface area contributed by atoms with Gasteiger partial charge in [-0.2, -0.15) is 0 Å². The van der Waals surface area contributed by atoms with Crippen molar-refractivity contribution < 1.29 is 14.6 Å². The third-order valence-electron chi connectivity index (χ3n) is 3.75. The molecule has 8 heteroatoms. The molecule has 0 fully saturated rings. The first-order valence-electron chi connectivity index (χ1n) is 7.58. The molecule has 0 saturated heterocycles. The van der Waals surface area contributed by atoms with Crippen molar-refractivity contribution in [3.63, 3.8) is 0 Å². The van der Waals surface area contributed by atoms with Crippen LogP contribution in [0.2, 0.25) is 0 Å². The topological polar surface area (TPSA) is 93.4 Å². The van der Waals surface area contributed by atoms with Crippen molar-refractivity contribution in [1.82, 2.24) is 24.9 Å². The van der Waals surface area contributed by atoms with Crippen molar-refractivity contribution in [2.24, 2.45) is 0 Å². The molecule has 1 aliphatic heterocycles. The third kappa shape index (κ3) is 3.54. The summed E-state index contributed by atoms with van der Waals surface area (Å²) in [7, 11) is 0. The monoisotopic (exact) mass is 317 g/mol. The first-order valence-corrected chi connectivity index (χ1v) is 7.58. The van der Waals surface area contributed by atoms with E-state index >= 15 is 0 Å². The Morgan fingerprint density at radius 3 is 2.91 bits per heavy atom. The molecule has 0 atom stereocenters. The van der Waals surface area contributed by atoms with Crippen molar-refractivity contribution >= 4 is 5.91 Å². The van der Waals surface area contributed by atoms with E-state index in [1.165, 1.54) is 0 Å². The molecule has 1 N–H and O–H groups in total. The van der Waals surface area contributed by atoms with Crippen LogP contribution in [0.4, 0.5) is 0 Å². The van der Waals surface area contributed by atoms with Crippen LogP contribution in [0, 0.1) is 0 Å². The Morgan fingerprint density at radius 2 is 2.13 bits per heavy atom. The van der Waals surface area contributed by atoms with Gasteiger partial charge in [0, 0.05) is 31.0 Å². The quantitative estimate of drug-likeness (QED) is 0.793. The maximum atomic E-state index is 12.6. The number of carbonyl (C=O) groups is 1. The molecule has 3 heterocycles. The minimum atomic E-state index is -0.0316. The number of carbonyl (C=O) groups excluding carboxylic acids is 1. The van der Waals surface area contributed by atoms with E-state index in [1.807, 2.05) is 4.68 Å². The number of fused-ring (bicyclic) bond motifs is 1. The van der Waals surface area contributed by atoms with Crippen LogP contribution < -0.4 is 0 Å². The molecular weight excluding hydrogens is 298 g/mol. The molecule has 2 aromatic heterocycles. The zero-order valence-corrected chi connectivity index (χ0v) is 12.8. The Balaban J connectivity index is 1.77. The maximum absolute atomic E-state index is 12.6. The molecule has 0 aromatic carbocycles. The zero-order chi connectivity index (χ0) is 16.1. The number of hydrogen-bond acceptors (Lipinski definition) is 6. The molecule has 0 aliphatic carbocycles. The fraction of sp³-hybridized carbons (Fsp3) is 0.467.